The van der Waals surface area contributed by atoms with Crippen molar-refractivity contribution in [1.29, 1.82) is 0 Å². The highest BCUT2D eigenvalue weighted by Gasteiger charge is 2.47. The molecule has 0 radical (unpaired) electrons. The van der Waals surface area contributed by atoms with E-state index in [1.54, 1.807) is 0 Å². The lowest BCUT2D eigenvalue weighted by atomic mass is 10.1. The number of pyridine rings is 2. The molecule has 1 aliphatic rings. The third-order valence-corrected chi connectivity index (χ3v) is 5.79. The number of ether oxygens (including phenoxy) is 1. The SMILES string of the molecule is CNNC(=O)[C@H]1O[C@@H](n2cnc3c(NCc4cccc(C)n4)nc(-c4cncc(F)c4)nc32)[C@H](O)[C@@H]1O. The minimum atomic E-state index is -1.51. The standard InChI is InChI=1S/C23H24FN9O4/c1-11-4-3-5-14(29-11)9-27-20-15-21(31-19(30-20)12-6-13(24)8-26-7-12)33(10-28-15)23-17(35)16(34)18(37-23)22(36)32-25-2/h3-8,10,16-18,23,25,34-35H,9H2,1-2H3,(H,32,36)(H,27,30,31)/t16-,17+,18-,23+/m0/s1. The normalized spacial score (nSPS) is 21.3. The van der Waals surface area contributed by atoms with E-state index in [4.69, 9.17) is 4.74 Å². The molecule has 0 aliphatic carbocycles. The van der Waals surface area contributed by atoms with Crippen molar-refractivity contribution in [2.24, 2.45) is 0 Å². The number of nitrogens with one attached hydrogen (secondary N) is 3. The summed E-state index contributed by atoms with van der Waals surface area (Å²) < 4.78 is 21.0. The van der Waals surface area contributed by atoms with Crippen LogP contribution in [0, 0.1) is 12.7 Å². The van der Waals surface area contributed by atoms with E-state index in [2.05, 4.69) is 41.1 Å². The Kier molecular flexibility index (Phi) is 6.71. The van der Waals surface area contributed by atoms with Gasteiger partial charge in [-0.25, -0.2) is 24.8 Å². The van der Waals surface area contributed by atoms with Crippen molar-refractivity contribution in [2.75, 3.05) is 12.4 Å². The van der Waals surface area contributed by atoms with Crippen LogP contribution in [0.5, 0.6) is 0 Å². The van der Waals surface area contributed by atoms with Gasteiger partial charge in [0.05, 0.1) is 24.8 Å². The number of imidazole rings is 1. The Labute approximate surface area is 209 Å². The average Bonchev–Trinajstić information content (AvgIpc) is 3.43. The molecule has 13 nitrogen and oxygen atoms in total. The van der Waals surface area contributed by atoms with E-state index in [-0.39, 0.29) is 11.5 Å². The van der Waals surface area contributed by atoms with E-state index < -0.39 is 36.3 Å². The summed E-state index contributed by atoms with van der Waals surface area (Å²) in [6.07, 6.45) is -1.66. The molecule has 37 heavy (non-hydrogen) atoms. The highest BCUT2D eigenvalue weighted by atomic mass is 19.1. The number of carbonyl (C=O) groups is 1. The van der Waals surface area contributed by atoms with Crippen molar-refractivity contribution in [3.8, 4) is 11.4 Å². The second-order valence-corrected chi connectivity index (χ2v) is 8.40. The Morgan fingerprint density at radius 1 is 1.19 bits per heavy atom. The van der Waals surface area contributed by atoms with E-state index in [0.717, 1.165) is 17.6 Å². The summed E-state index contributed by atoms with van der Waals surface area (Å²) in [5.41, 5.74) is 7.27. The summed E-state index contributed by atoms with van der Waals surface area (Å²) in [4.78, 5) is 34.1. The molecule has 1 aliphatic heterocycles. The molecule has 5 heterocycles. The van der Waals surface area contributed by atoms with Gasteiger partial charge in [0.15, 0.2) is 35.1 Å². The molecule has 0 aromatic carbocycles. The third kappa shape index (κ3) is 4.82. The molecule has 4 aromatic rings. The minimum Gasteiger partial charge on any atom is -0.387 e. The van der Waals surface area contributed by atoms with Gasteiger partial charge in [0, 0.05) is 24.5 Å². The summed E-state index contributed by atoms with van der Waals surface area (Å²) >= 11 is 0. The van der Waals surface area contributed by atoms with Crippen LogP contribution in [-0.4, -0.2) is 71.0 Å². The maximum absolute atomic E-state index is 13.9. The first-order valence-corrected chi connectivity index (χ1v) is 11.4. The molecule has 0 unspecified atom stereocenters. The van der Waals surface area contributed by atoms with E-state index in [1.807, 2.05) is 25.1 Å². The Bertz CT molecular complexity index is 1450. The number of aromatic nitrogens is 6. The lowest BCUT2D eigenvalue weighted by molar-refractivity contribution is -0.138. The number of aryl methyl sites for hydroxylation is 1. The number of carbonyl (C=O) groups excluding carboxylic acids is 1. The molecule has 5 rings (SSSR count). The van der Waals surface area contributed by atoms with Gasteiger partial charge in [-0.05, 0) is 25.1 Å². The van der Waals surface area contributed by atoms with Gasteiger partial charge in [-0.2, -0.15) is 0 Å². The number of aliphatic hydroxyl groups excluding tert-OH is 2. The molecule has 0 saturated carbocycles. The number of halogens is 1. The number of anilines is 1. The minimum absolute atomic E-state index is 0.137. The van der Waals surface area contributed by atoms with Crippen molar-refractivity contribution in [2.45, 2.75) is 38.0 Å². The fourth-order valence-corrected chi connectivity index (χ4v) is 4.06. The average molecular weight is 510 g/mol. The zero-order chi connectivity index (χ0) is 26.1. The maximum atomic E-state index is 13.9. The van der Waals surface area contributed by atoms with Crippen molar-refractivity contribution in [3.63, 3.8) is 0 Å². The van der Waals surface area contributed by atoms with E-state index in [0.29, 0.717) is 23.4 Å². The highest BCUT2D eigenvalue weighted by molar-refractivity contribution is 5.85. The van der Waals surface area contributed by atoms with Crippen molar-refractivity contribution in [1.82, 2.24) is 40.3 Å². The fourth-order valence-electron chi connectivity index (χ4n) is 4.06. The number of hydrogen-bond acceptors (Lipinski definition) is 11. The van der Waals surface area contributed by atoms with Crippen LogP contribution in [0.15, 0.2) is 43.0 Å². The number of amides is 1. The van der Waals surface area contributed by atoms with Gasteiger partial charge in [0.1, 0.15) is 18.0 Å². The van der Waals surface area contributed by atoms with Gasteiger partial charge in [-0.3, -0.25) is 24.8 Å². The van der Waals surface area contributed by atoms with E-state index >= 15 is 0 Å². The molecule has 1 saturated heterocycles. The zero-order valence-corrected chi connectivity index (χ0v) is 19.8. The van der Waals surface area contributed by atoms with E-state index in [1.165, 1.54) is 30.2 Å². The van der Waals surface area contributed by atoms with Crippen LogP contribution in [0.3, 0.4) is 0 Å². The Morgan fingerprint density at radius 3 is 2.78 bits per heavy atom. The summed E-state index contributed by atoms with van der Waals surface area (Å²) in [7, 11) is 1.48. The van der Waals surface area contributed by atoms with Gasteiger partial charge in [-0.1, -0.05) is 6.07 Å². The number of hydrazine groups is 1. The van der Waals surface area contributed by atoms with Gasteiger partial charge >= 0.3 is 0 Å². The van der Waals surface area contributed by atoms with Crippen molar-refractivity contribution < 1.29 is 24.1 Å². The van der Waals surface area contributed by atoms with Crippen LogP contribution in [0.2, 0.25) is 0 Å². The fraction of sp³-hybridized carbons (Fsp3) is 0.304. The predicted octanol–water partition coefficient (Wildman–Crippen LogP) is 0.213. The van der Waals surface area contributed by atoms with Gasteiger partial charge in [-0.15, -0.1) is 0 Å². The van der Waals surface area contributed by atoms with Crippen molar-refractivity contribution in [3.05, 3.63) is 60.2 Å². The number of rotatable bonds is 7. The first kappa shape index (κ1) is 24.6. The maximum Gasteiger partial charge on any atom is 0.266 e. The van der Waals surface area contributed by atoms with Gasteiger partial charge in [0.25, 0.3) is 5.91 Å². The first-order valence-electron chi connectivity index (χ1n) is 11.4. The number of aliphatic hydroxyl groups is 2. The first-order chi connectivity index (χ1) is 17.9. The third-order valence-electron chi connectivity index (χ3n) is 5.79. The lowest BCUT2D eigenvalue weighted by Crippen LogP contribution is -2.46. The quantitative estimate of drug-likeness (QED) is 0.216. The molecule has 0 bridgehead atoms. The highest BCUT2D eigenvalue weighted by Crippen LogP contribution is 2.33. The summed E-state index contributed by atoms with van der Waals surface area (Å²) in [5.74, 6) is -0.762. The second-order valence-electron chi connectivity index (χ2n) is 8.40. The lowest BCUT2D eigenvalue weighted by Gasteiger charge is -2.17. The molecule has 5 N–H and O–H groups in total. The molecule has 4 aromatic heterocycles. The van der Waals surface area contributed by atoms with Crippen LogP contribution in [0.1, 0.15) is 17.6 Å². The number of hydrogen-bond donors (Lipinski definition) is 5. The van der Waals surface area contributed by atoms with Crippen LogP contribution >= 0.6 is 0 Å². The molecule has 0 spiro atoms. The largest absolute Gasteiger partial charge is 0.387 e. The summed E-state index contributed by atoms with van der Waals surface area (Å²) in [6, 6.07) is 6.87. The summed E-state index contributed by atoms with van der Waals surface area (Å²) in [5, 5.41) is 24.3. The second kappa shape index (κ2) is 10.1. The summed E-state index contributed by atoms with van der Waals surface area (Å²) in [6.45, 7) is 2.20. The van der Waals surface area contributed by atoms with Crippen LogP contribution in [-0.2, 0) is 16.1 Å². The smallest absolute Gasteiger partial charge is 0.266 e. The monoisotopic (exact) mass is 509 g/mol. The Balaban J connectivity index is 1.56. The van der Waals surface area contributed by atoms with Crippen LogP contribution in [0.25, 0.3) is 22.6 Å². The molecular weight excluding hydrogens is 485 g/mol. The Hall–Kier alpha value is -4.11. The molecule has 4 atom stereocenters. The topological polar surface area (TPSA) is 172 Å². The van der Waals surface area contributed by atoms with Crippen LogP contribution in [0.4, 0.5) is 10.2 Å². The molecule has 14 heteroatoms. The number of nitrogens with zero attached hydrogens (tertiary/aromatic N) is 6. The van der Waals surface area contributed by atoms with Gasteiger partial charge < -0.3 is 20.3 Å². The zero-order valence-electron chi connectivity index (χ0n) is 19.8. The Morgan fingerprint density at radius 2 is 2.03 bits per heavy atom. The van der Waals surface area contributed by atoms with Crippen molar-refractivity contribution >= 4 is 22.9 Å². The van der Waals surface area contributed by atoms with Crippen LogP contribution < -0.4 is 16.2 Å². The molecule has 192 valence electrons. The predicted molar refractivity (Wildman–Crippen MR) is 128 cm³/mol. The molecule has 1 amide bonds. The number of fused-ring (bicyclic) bond motifs is 1. The molecular formula is C23H24FN9O4. The molecule has 1 fully saturated rings. The van der Waals surface area contributed by atoms with E-state index in [9.17, 15) is 19.4 Å². The van der Waals surface area contributed by atoms with Gasteiger partial charge in [0.2, 0.25) is 0 Å².